The SMILES string of the molecule is C#CCCNC(=O)c1ccc(S(=O)(=O)Cl)cc1. The van der Waals surface area contributed by atoms with Crippen molar-refractivity contribution in [3.63, 3.8) is 0 Å². The number of halogens is 1. The highest BCUT2D eigenvalue weighted by Crippen LogP contribution is 2.15. The summed E-state index contributed by atoms with van der Waals surface area (Å²) >= 11 is 0. The van der Waals surface area contributed by atoms with Crippen LogP contribution in [0.1, 0.15) is 16.8 Å². The summed E-state index contributed by atoms with van der Waals surface area (Å²) in [5.74, 6) is 2.09. The second kappa shape index (κ2) is 5.71. The van der Waals surface area contributed by atoms with Crippen LogP contribution in [0.15, 0.2) is 29.2 Å². The van der Waals surface area contributed by atoms with Crippen LogP contribution in [0, 0.1) is 12.3 Å². The minimum Gasteiger partial charge on any atom is -0.351 e. The number of hydrogen-bond acceptors (Lipinski definition) is 3. The number of benzene rings is 1. The quantitative estimate of drug-likeness (QED) is 0.511. The fourth-order valence-corrected chi connectivity index (χ4v) is 1.89. The van der Waals surface area contributed by atoms with Gasteiger partial charge in [-0.1, -0.05) is 0 Å². The summed E-state index contributed by atoms with van der Waals surface area (Å²) in [6.45, 7) is 0.380. The van der Waals surface area contributed by atoms with Crippen LogP contribution in [0.5, 0.6) is 0 Å². The molecule has 0 aromatic heterocycles. The van der Waals surface area contributed by atoms with Crippen molar-refractivity contribution in [1.82, 2.24) is 5.32 Å². The van der Waals surface area contributed by atoms with Crippen molar-refractivity contribution in [3.05, 3.63) is 29.8 Å². The molecular weight excluding hydrogens is 262 g/mol. The molecule has 0 aliphatic rings. The van der Waals surface area contributed by atoms with Gasteiger partial charge >= 0.3 is 0 Å². The second-order valence-corrected chi connectivity index (χ2v) is 5.74. The van der Waals surface area contributed by atoms with Crippen molar-refractivity contribution < 1.29 is 13.2 Å². The zero-order valence-electron chi connectivity index (χ0n) is 8.81. The topological polar surface area (TPSA) is 63.2 Å². The molecule has 0 bridgehead atoms. The Kier molecular flexibility index (Phi) is 4.55. The van der Waals surface area contributed by atoms with E-state index in [1.807, 2.05) is 0 Å². The van der Waals surface area contributed by atoms with Gasteiger partial charge in [-0.3, -0.25) is 4.79 Å². The first-order chi connectivity index (χ1) is 7.95. The number of nitrogens with one attached hydrogen (secondary N) is 1. The van der Waals surface area contributed by atoms with Crippen molar-refractivity contribution in [1.29, 1.82) is 0 Å². The molecule has 0 saturated heterocycles. The molecule has 4 nitrogen and oxygen atoms in total. The number of carbonyl (C=O) groups excluding carboxylic acids is 1. The van der Waals surface area contributed by atoms with Gasteiger partial charge in [-0.05, 0) is 24.3 Å². The molecular formula is C11H10ClNO3S. The Balaban J connectivity index is 2.75. The smallest absolute Gasteiger partial charge is 0.261 e. The lowest BCUT2D eigenvalue weighted by molar-refractivity contribution is 0.0954. The fraction of sp³-hybridized carbons (Fsp3) is 0.182. The van der Waals surface area contributed by atoms with Crippen molar-refractivity contribution in [2.75, 3.05) is 6.54 Å². The first-order valence-electron chi connectivity index (χ1n) is 4.71. The van der Waals surface area contributed by atoms with Crippen molar-refractivity contribution in [2.24, 2.45) is 0 Å². The number of carbonyl (C=O) groups is 1. The van der Waals surface area contributed by atoms with Crippen LogP contribution < -0.4 is 5.32 Å². The lowest BCUT2D eigenvalue weighted by atomic mass is 10.2. The number of rotatable bonds is 4. The fourth-order valence-electron chi connectivity index (χ4n) is 1.12. The van der Waals surface area contributed by atoms with Gasteiger partial charge < -0.3 is 5.32 Å². The van der Waals surface area contributed by atoms with Gasteiger partial charge in [0.15, 0.2) is 0 Å². The van der Waals surface area contributed by atoms with E-state index in [0.29, 0.717) is 18.5 Å². The Bertz CT molecular complexity index is 543. The highest BCUT2D eigenvalue weighted by Gasteiger charge is 2.11. The highest BCUT2D eigenvalue weighted by atomic mass is 35.7. The van der Waals surface area contributed by atoms with Crippen LogP contribution in [-0.4, -0.2) is 20.9 Å². The van der Waals surface area contributed by atoms with Gasteiger partial charge in [-0.2, -0.15) is 0 Å². The minimum absolute atomic E-state index is 0.0423. The predicted molar refractivity (Wildman–Crippen MR) is 65.3 cm³/mol. The van der Waals surface area contributed by atoms with Crippen molar-refractivity contribution in [2.45, 2.75) is 11.3 Å². The first-order valence-corrected chi connectivity index (χ1v) is 7.02. The molecule has 0 atom stereocenters. The van der Waals surface area contributed by atoms with Crippen molar-refractivity contribution in [3.8, 4) is 12.3 Å². The summed E-state index contributed by atoms with van der Waals surface area (Å²) in [5.41, 5.74) is 0.353. The molecule has 6 heteroatoms. The van der Waals surface area contributed by atoms with Crippen LogP contribution in [0.4, 0.5) is 0 Å². The Morgan fingerprint density at radius 2 is 1.94 bits per heavy atom. The van der Waals surface area contributed by atoms with Crippen LogP contribution in [0.2, 0.25) is 0 Å². The van der Waals surface area contributed by atoms with E-state index in [1.165, 1.54) is 24.3 Å². The Morgan fingerprint density at radius 3 is 2.41 bits per heavy atom. The molecule has 1 rings (SSSR count). The van der Waals surface area contributed by atoms with E-state index in [0.717, 1.165) is 0 Å². The van der Waals surface area contributed by atoms with E-state index in [9.17, 15) is 13.2 Å². The third kappa shape index (κ3) is 4.10. The lowest BCUT2D eigenvalue weighted by Gasteiger charge is -2.03. The molecule has 17 heavy (non-hydrogen) atoms. The molecule has 90 valence electrons. The predicted octanol–water partition coefficient (Wildman–Crippen LogP) is 1.37. The summed E-state index contributed by atoms with van der Waals surface area (Å²) in [4.78, 5) is 11.5. The third-order valence-corrected chi connectivity index (χ3v) is 3.32. The van der Waals surface area contributed by atoms with Gasteiger partial charge in [0, 0.05) is 29.2 Å². The highest BCUT2D eigenvalue weighted by molar-refractivity contribution is 8.13. The Morgan fingerprint density at radius 1 is 1.35 bits per heavy atom. The van der Waals surface area contributed by atoms with Gasteiger partial charge in [0.1, 0.15) is 0 Å². The third-order valence-electron chi connectivity index (χ3n) is 1.95. The van der Waals surface area contributed by atoms with E-state index >= 15 is 0 Å². The molecule has 1 aromatic carbocycles. The molecule has 0 unspecified atom stereocenters. The zero-order valence-corrected chi connectivity index (χ0v) is 10.4. The van der Waals surface area contributed by atoms with Crippen LogP contribution in [0.25, 0.3) is 0 Å². The molecule has 0 saturated carbocycles. The molecule has 0 spiro atoms. The first kappa shape index (κ1) is 13.6. The molecule has 1 N–H and O–H groups in total. The van der Waals surface area contributed by atoms with E-state index in [1.54, 1.807) is 0 Å². The summed E-state index contributed by atoms with van der Waals surface area (Å²) < 4.78 is 21.9. The van der Waals surface area contributed by atoms with Crippen LogP contribution in [-0.2, 0) is 9.05 Å². The summed E-state index contributed by atoms with van der Waals surface area (Å²) in [6, 6.07) is 5.33. The summed E-state index contributed by atoms with van der Waals surface area (Å²) in [6.07, 6.45) is 5.48. The minimum atomic E-state index is -3.75. The molecule has 0 radical (unpaired) electrons. The molecule has 0 heterocycles. The van der Waals surface area contributed by atoms with Gasteiger partial charge in [-0.15, -0.1) is 12.3 Å². The Hall–Kier alpha value is -1.51. The van der Waals surface area contributed by atoms with Crippen LogP contribution >= 0.6 is 10.7 Å². The lowest BCUT2D eigenvalue weighted by Crippen LogP contribution is -2.24. The van der Waals surface area contributed by atoms with E-state index in [2.05, 4.69) is 11.2 Å². The molecule has 1 amide bonds. The van der Waals surface area contributed by atoms with Crippen molar-refractivity contribution >= 4 is 25.6 Å². The zero-order chi connectivity index (χ0) is 12.9. The average Bonchev–Trinajstić information content (AvgIpc) is 2.28. The van der Waals surface area contributed by atoms with Crippen LogP contribution in [0.3, 0.4) is 0 Å². The number of terminal acetylenes is 1. The number of amides is 1. The molecule has 0 aliphatic heterocycles. The van der Waals surface area contributed by atoms with Gasteiger partial charge in [-0.25, -0.2) is 8.42 Å². The standard InChI is InChI=1S/C11H10ClNO3S/c1-2-3-8-13-11(14)9-4-6-10(7-5-9)17(12,15)16/h1,4-7H,3,8H2,(H,13,14). The average molecular weight is 272 g/mol. The van der Waals surface area contributed by atoms with E-state index in [-0.39, 0.29) is 10.8 Å². The monoisotopic (exact) mass is 271 g/mol. The van der Waals surface area contributed by atoms with E-state index < -0.39 is 9.05 Å². The maximum atomic E-state index is 11.5. The summed E-state index contributed by atoms with van der Waals surface area (Å²) in [7, 11) is 1.39. The maximum Gasteiger partial charge on any atom is 0.261 e. The summed E-state index contributed by atoms with van der Waals surface area (Å²) in [5, 5.41) is 2.59. The second-order valence-electron chi connectivity index (χ2n) is 3.17. The molecule has 0 aliphatic carbocycles. The van der Waals surface area contributed by atoms with Gasteiger partial charge in [0.25, 0.3) is 15.0 Å². The Labute approximate surface area is 104 Å². The van der Waals surface area contributed by atoms with E-state index in [4.69, 9.17) is 17.1 Å². The normalized spacial score (nSPS) is 10.6. The molecule has 0 fully saturated rings. The number of hydrogen-bond donors (Lipinski definition) is 1. The van der Waals surface area contributed by atoms with Gasteiger partial charge in [0.05, 0.1) is 4.90 Å². The largest absolute Gasteiger partial charge is 0.351 e. The maximum absolute atomic E-state index is 11.5. The van der Waals surface area contributed by atoms with Gasteiger partial charge in [0.2, 0.25) is 0 Å². The molecule has 1 aromatic rings.